The summed E-state index contributed by atoms with van der Waals surface area (Å²) in [7, 11) is 0. The van der Waals surface area contributed by atoms with Crippen molar-refractivity contribution in [2.75, 3.05) is 11.9 Å². The zero-order valence-electron chi connectivity index (χ0n) is 9.90. The molecule has 5 nitrogen and oxygen atoms in total. The maximum absolute atomic E-state index is 13.4. The minimum Gasteiger partial charge on any atom is -0.322 e. The minimum absolute atomic E-state index is 0.144. The first-order valence-electron chi connectivity index (χ1n) is 5.49. The van der Waals surface area contributed by atoms with E-state index in [2.05, 4.69) is 27.4 Å². The Morgan fingerprint density at radius 1 is 1.53 bits per heavy atom. The molecule has 2 rings (SSSR count). The molecule has 1 aromatic heterocycles. The van der Waals surface area contributed by atoms with Gasteiger partial charge in [0.25, 0.3) is 5.91 Å². The van der Waals surface area contributed by atoms with E-state index in [0.29, 0.717) is 11.3 Å². The van der Waals surface area contributed by atoms with Crippen molar-refractivity contribution in [1.29, 1.82) is 0 Å². The van der Waals surface area contributed by atoms with E-state index in [0.717, 1.165) is 0 Å². The Balaban J connectivity index is 2.19. The van der Waals surface area contributed by atoms with E-state index >= 15 is 0 Å². The highest BCUT2D eigenvalue weighted by Gasteiger charge is 2.08. The van der Waals surface area contributed by atoms with E-state index in [1.54, 1.807) is 0 Å². The van der Waals surface area contributed by atoms with Crippen LogP contribution in [0.3, 0.4) is 0 Å². The van der Waals surface area contributed by atoms with Crippen LogP contribution in [0, 0.1) is 17.7 Å². The van der Waals surface area contributed by atoms with Crippen molar-refractivity contribution >= 4 is 11.6 Å². The molecule has 1 heterocycles. The predicted molar refractivity (Wildman–Crippen MR) is 68.9 cm³/mol. The molecule has 1 aromatic carbocycles. The molecule has 6 heteroatoms. The van der Waals surface area contributed by atoms with Gasteiger partial charge in [0.1, 0.15) is 5.82 Å². The Morgan fingerprint density at radius 2 is 2.37 bits per heavy atom. The molecule has 0 atom stereocenters. The second-order valence-electron chi connectivity index (χ2n) is 3.64. The molecule has 0 fully saturated rings. The molecule has 0 saturated carbocycles. The first-order chi connectivity index (χ1) is 9.20. The van der Waals surface area contributed by atoms with E-state index in [1.165, 1.54) is 30.6 Å². The molecule has 0 bridgehead atoms. The number of H-pyrrole nitrogens is 1. The highest BCUT2D eigenvalue weighted by molar-refractivity contribution is 6.03. The molecule has 0 aliphatic heterocycles. The Hall–Kier alpha value is -2.65. The van der Waals surface area contributed by atoms with Crippen LogP contribution >= 0.6 is 0 Å². The average Bonchev–Trinajstić information content (AvgIpc) is 2.93. The van der Waals surface area contributed by atoms with Crippen molar-refractivity contribution in [2.24, 2.45) is 5.73 Å². The van der Waals surface area contributed by atoms with Gasteiger partial charge in [-0.25, -0.2) is 4.39 Å². The lowest BCUT2D eigenvalue weighted by Crippen LogP contribution is -2.11. The van der Waals surface area contributed by atoms with Gasteiger partial charge in [0.2, 0.25) is 0 Å². The van der Waals surface area contributed by atoms with Crippen LogP contribution in [0.2, 0.25) is 0 Å². The van der Waals surface area contributed by atoms with E-state index in [4.69, 9.17) is 5.73 Å². The fourth-order valence-electron chi connectivity index (χ4n) is 1.42. The van der Waals surface area contributed by atoms with E-state index in [1.807, 2.05) is 0 Å². The Kier molecular flexibility index (Phi) is 3.90. The Morgan fingerprint density at radius 3 is 3.05 bits per heavy atom. The molecule has 0 radical (unpaired) electrons. The molecule has 1 amide bonds. The third-order valence-corrected chi connectivity index (χ3v) is 2.31. The van der Waals surface area contributed by atoms with Crippen LogP contribution in [0.1, 0.15) is 15.9 Å². The second kappa shape index (κ2) is 5.80. The number of benzene rings is 1. The number of amides is 1. The summed E-state index contributed by atoms with van der Waals surface area (Å²) >= 11 is 0. The maximum Gasteiger partial charge on any atom is 0.258 e. The Bertz CT molecular complexity index is 640. The number of aromatic amines is 1. The van der Waals surface area contributed by atoms with Crippen molar-refractivity contribution in [3.8, 4) is 11.8 Å². The fourth-order valence-corrected chi connectivity index (χ4v) is 1.42. The quantitative estimate of drug-likeness (QED) is 0.705. The molecule has 2 aromatic rings. The molecule has 0 aliphatic carbocycles. The van der Waals surface area contributed by atoms with Gasteiger partial charge >= 0.3 is 0 Å². The van der Waals surface area contributed by atoms with Gasteiger partial charge < -0.3 is 11.1 Å². The number of halogens is 1. The summed E-state index contributed by atoms with van der Waals surface area (Å²) in [5.41, 5.74) is 6.26. The standard InChI is InChI=1S/C13H11FN4O/c14-12-4-3-11(6-9(12)2-1-5-15)18-13(19)10-7-16-17-8-10/h3-4,6-8H,5,15H2,(H,16,17)(H,18,19). The monoisotopic (exact) mass is 258 g/mol. The Labute approximate surface area is 109 Å². The van der Waals surface area contributed by atoms with E-state index < -0.39 is 5.82 Å². The van der Waals surface area contributed by atoms with Crippen molar-refractivity contribution in [2.45, 2.75) is 0 Å². The molecular weight excluding hydrogens is 247 g/mol. The zero-order valence-corrected chi connectivity index (χ0v) is 9.90. The number of nitrogens with two attached hydrogens (primary N) is 1. The number of aromatic nitrogens is 2. The lowest BCUT2D eigenvalue weighted by atomic mass is 10.2. The largest absolute Gasteiger partial charge is 0.322 e. The van der Waals surface area contributed by atoms with Gasteiger partial charge in [-0.2, -0.15) is 5.10 Å². The summed E-state index contributed by atoms with van der Waals surface area (Å²) in [6.07, 6.45) is 2.86. The number of carbonyl (C=O) groups is 1. The van der Waals surface area contributed by atoms with Gasteiger partial charge in [-0.3, -0.25) is 9.89 Å². The lowest BCUT2D eigenvalue weighted by Gasteiger charge is -2.04. The number of rotatable bonds is 2. The topological polar surface area (TPSA) is 83.8 Å². The van der Waals surface area contributed by atoms with E-state index in [-0.39, 0.29) is 18.0 Å². The first-order valence-corrected chi connectivity index (χ1v) is 5.49. The molecule has 19 heavy (non-hydrogen) atoms. The van der Waals surface area contributed by atoms with E-state index in [9.17, 15) is 9.18 Å². The minimum atomic E-state index is -0.456. The highest BCUT2D eigenvalue weighted by Crippen LogP contribution is 2.14. The van der Waals surface area contributed by atoms with Crippen LogP contribution in [0.25, 0.3) is 0 Å². The van der Waals surface area contributed by atoms with Crippen molar-refractivity contribution in [3.05, 3.63) is 47.5 Å². The molecule has 4 N–H and O–H groups in total. The van der Waals surface area contributed by atoms with Gasteiger partial charge in [-0.05, 0) is 18.2 Å². The van der Waals surface area contributed by atoms with Crippen LogP contribution in [-0.2, 0) is 0 Å². The van der Waals surface area contributed by atoms with Crippen LogP contribution in [0.4, 0.5) is 10.1 Å². The summed E-state index contributed by atoms with van der Waals surface area (Å²) in [6, 6.07) is 4.16. The third-order valence-electron chi connectivity index (χ3n) is 2.31. The van der Waals surface area contributed by atoms with Gasteiger partial charge in [0.15, 0.2) is 0 Å². The molecule has 0 aliphatic rings. The van der Waals surface area contributed by atoms with Gasteiger partial charge in [0, 0.05) is 11.9 Å². The number of anilines is 1. The fraction of sp³-hybridized carbons (Fsp3) is 0.0769. The number of hydrogen-bond acceptors (Lipinski definition) is 3. The second-order valence-corrected chi connectivity index (χ2v) is 3.64. The van der Waals surface area contributed by atoms with Gasteiger partial charge in [-0.1, -0.05) is 11.8 Å². The van der Waals surface area contributed by atoms with Crippen LogP contribution in [0.15, 0.2) is 30.6 Å². The number of nitrogens with zero attached hydrogens (tertiary/aromatic N) is 1. The molecule has 0 unspecified atom stereocenters. The molecule has 0 spiro atoms. The van der Waals surface area contributed by atoms with Crippen LogP contribution in [0.5, 0.6) is 0 Å². The molecular formula is C13H11FN4O. The summed E-state index contributed by atoms with van der Waals surface area (Å²) < 4.78 is 13.4. The van der Waals surface area contributed by atoms with Crippen molar-refractivity contribution in [1.82, 2.24) is 10.2 Å². The number of nitrogens with one attached hydrogen (secondary N) is 2. The summed E-state index contributed by atoms with van der Waals surface area (Å²) in [4.78, 5) is 11.8. The molecule has 0 saturated heterocycles. The van der Waals surface area contributed by atoms with Crippen LogP contribution < -0.4 is 11.1 Å². The summed E-state index contributed by atoms with van der Waals surface area (Å²) in [6.45, 7) is 0.144. The first kappa shape index (κ1) is 12.8. The van der Waals surface area contributed by atoms with Gasteiger partial charge in [-0.15, -0.1) is 0 Å². The average molecular weight is 258 g/mol. The maximum atomic E-state index is 13.4. The predicted octanol–water partition coefficient (Wildman–Crippen LogP) is 1.11. The lowest BCUT2D eigenvalue weighted by molar-refractivity contribution is 0.102. The van der Waals surface area contributed by atoms with Crippen molar-refractivity contribution < 1.29 is 9.18 Å². The smallest absolute Gasteiger partial charge is 0.258 e. The summed E-state index contributed by atoms with van der Waals surface area (Å²) in [5.74, 6) is 4.37. The number of carbonyl (C=O) groups excluding carboxylic acids is 1. The normalized spacial score (nSPS) is 9.58. The SMILES string of the molecule is NCC#Cc1cc(NC(=O)c2cn[nH]c2)ccc1F. The molecule has 96 valence electrons. The van der Waals surface area contributed by atoms with Gasteiger partial charge in [0.05, 0.1) is 23.9 Å². The van der Waals surface area contributed by atoms with Crippen molar-refractivity contribution in [3.63, 3.8) is 0 Å². The third kappa shape index (κ3) is 3.18. The number of hydrogen-bond donors (Lipinski definition) is 3. The van der Waals surface area contributed by atoms with Crippen LogP contribution in [-0.4, -0.2) is 22.6 Å². The highest BCUT2D eigenvalue weighted by atomic mass is 19.1. The zero-order chi connectivity index (χ0) is 13.7. The summed E-state index contributed by atoms with van der Waals surface area (Å²) in [5, 5.41) is 8.84.